The Labute approximate surface area is 129 Å². The van der Waals surface area contributed by atoms with Crippen molar-refractivity contribution in [2.75, 3.05) is 17.3 Å². The average Bonchev–Trinajstić information content (AvgIpc) is 2.52. The zero-order valence-corrected chi connectivity index (χ0v) is 12.5. The second-order valence-corrected chi connectivity index (χ2v) is 5.51. The lowest BCUT2D eigenvalue weighted by Gasteiger charge is -2.26. The third kappa shape index (κ3) is 3.01. The van der Waals surface area contributed by atoms with Crippen molar-refractivity contribution in [3.8, 4) is 0 Å². The Hall–Kier alpha value is -2.62. The Kier molecular flexibility index (Phi) is 3.92. The van der Waals surface area contributed by atoms with E-state index in [4.69, 9.17) is 0 Å². The first kappa shape index (κ1) is 14.3. The minimum atomic E-state index is -0.0357. The van der Waals surface area contributed by atoms with Crippen LogP contribution in [0.2, 0.25) is 0 Å². The van der Waals surface area contributed by atoms with E-state index in [9.17, 15) is 9.59 Å². The molecule has 0 unspecified atom stereocenters. The summed E-state index contributed by atoms with van der Waals surface area (Å²) in [5.74, 6) is 0.0970. The number of hydrogen-bond acceptors (Lipinski definition) is 2. The average molecular weight is 294 g/mol. The Bertz CT molecular complexity index is 710. The molecule has 1 aliphatic rings. The van der Waals surface area contributed by atoms with Gasteiger partial charge in [0, 0.05) is 24.8 Å². The fourth-order valence-corrected chi connectivity index (χ4v) is 2.72. The molecule has 3 rings (SSSR count). The van der Waals surface area contributed by atoms with Gasteiger partial charge in [0.25, 0.3) is 0 Å². The zero-order chi connectivity index (χ0) is 15.5. The van der Waals surface area contributed by atoms with Crippen molar-refractivity contribution in [1.82, 2.24) is 0 Å². The van der Waals surface area contributed by atoms with E-state index in [-0.39, 0.29) is 11.8 Å². The van der Waals surface area contributed by atoms with Crippen LogP contribution >= 0.6 is 0 Å². The lowest BCUT2D eigenvalue weighted by Crippen LogP contribution is -2.31. The number of benzene rings is 2. The van der Waals surface area contributed by atoms with Crippen molar-refractivity contribution >= 4 is 23.2 Å². The van der Waals surface area contributed by atoms with Gasteiger partial charge in [0.2, 0.25) is 11.8 Å². The van der Waals surface area contributed by atoms with Crippen LogP contribution in [0.5, 0.6) is 0 Å². The SMILES string of the molecule is CN1C(=O)CCc2cc(NC(=O)Cc3ccccc3)ccc21. The third-order valence-electron chi connectivity index (χ3n) is 3.91. The van der Waals surface area contributed by atoms with Crippen LogP contribution in [0.4, 0.5) is 11.4 Å². The van der Waals surface area contributed by atoms with Gasteiger partial charge in [-0.1, -0.05) is 30.3 Å². The topological polar surface area (TPSA) is 49.4 Å². The third-order valence-corrected chi connectivity index (χ3v) is 3.91. The molecule has 0 atom stereocenters. The van der Waals surface area contributed by atoms with Gasteiger partial charge < -0.3 is 10.2 Å². The molecule has 0 aliphatic carbocycles. The van der Waals surface area contributed by atoms with E-state index in [1.54, 1.807) is 11.9 Å². The molecule has 112 valence electrons. The second kappa shape index (κ2) is 6.02. The highest BCUT2D eigenvalue weighted by Gasteiger charge is 2.20. The van der Waals surface area contributed by atoms with Crippen LogP contribution in [0, 0.1) is 0 Å². The maximum atomic E-state index is 12.1. The number of rotatable bonds is 3. The molecule has 1 N–H and O–H groups in total. The quantitative estimate of drug-likeness (QED) is 0.946. The number of fused-ring (bicyclic) bond motifs is 1. The molecule has 2 amide bonds. The summed E-state index contributed by atoms with van der Waals surface area (Å²) in [6, 6.07) is 15.4. The highest BCUT2D eigenvalue weighted by Crippen LogP contribution is 2.29. The molecule has 22 heavy (non-hydrogen) atoms. The van der Waals surface area contributed by atoms with Crippen LogP contribution in [0.1, 0.15) is 17.5 Å². The number of nitrogens with zero attached hydrogens (tertiary/aromatic N) is 1. The van der Waals surface area contributed by atoms with E-state index in [0.29, 0.717) is 12.8 Å². The summed E-state index contributed by atoms with van der Waals surface area (Å²) in [5.41, 5.74) is 3.79. The van der Waals surface area contributed by atoms with Gasteiger partial charge in [0.05, 0.1) is 6.42 Å². The number of hydrogen-bond donors (Lipinski definition) is 1. The van der Waals surface area contributed by atoms with Crippen molar-refractivity contribution in [2.24, 2.45) is 0 Å². The molecular formula is C18H18N2O2. The predicted octanol–water partition coefficient (Wildman–Crippen LogP) is 2.78. The van der Waals surface area contributed by atoms with Gasteiger partial charge in [-0.3, -0.25) is 9.59 Å². The highest BCUT2D eigenvalue weighted by atomic mass is 16.2. The fraction of sp³-hybridized carbons (Fsp3) is 0.222. The van der Waals surface area contributed by atoms with Crippen molar-refractivity contribution in [3.05, 3.63) is 59.7 Å². The van der Waals surface area contributed by atoms with E-state index in [1.807, 2.05) is 48.5 Å². The molecule has 0 radical (unpaired) electrons. The van der Waals surface area contributed by atoms with Gasteiger partial charge in [0.1, 0.15) is 0 Å². The van der Waals surface area contributed by atoms with Crippen LogP contribution in [-0.4, -0.2) is 18.9 Å². The lowest BCUT2D eigenvalue weighted by atomic mass is 10.0. The van der Waals surface area contributed by atoms with Crippen molar-refractivity contribution in [2.45, 2.75) is 19.3 Å². The Morgan fingerprint density at radius 1 is 1.14 bits per heavy atom. The minimum Gasteiger partial charge on any atom is -0.326 e. The lowest BCUT2D eigenvalue weighted by molar-refractivity contribution is -0.118. The molecule has 0 spiro atoms. The summed E-state index contributed by atoms with van der Waals surface area (Å²) in [7, 11) is 1.79. The molecule has 0 bridgehead atoms. The number of carbonyl (C=O) groups excluding carboxylic acids is 2. The van der Waals surface area contributed by atoms with Crippen LogP contribution in [0.15, 0.2) is 48.5 Å². The number of anilines is 2. The highest BCUT2D eigenvalue weighted by molar-refractivity contribution is 5.97. The summed E-state index contributed by atoms with van der Waals surface area (Å²) in [6.07, 6.45) is 1.60. The van der Waals surface area contributed by atoms with E-state index < -0.39 is 0 Å². The Morgan fingerprint density at radius 2 is 1.91 bits per heavy atom. The molecule has 4 nitrogen and oxygen atoms in total. The molecular weight excluding hydrogens is 276 g/mol. The normalized spacial score (nSPS) is 13.7. The summed E-state index contributed by atoms with van der Waals surface area (Å²) in [4.78, 5) is 25.4. The standard InChI is InChI=1S/C18H18N2O2/c1-20-16-9-8-15(12-14(16)7-10-18(20)22)19-17(21)11-13-5-3-2-4-6-13/h2-6,8-9,12H,7,10-11H2,1H3,(H,19,21). The van der Waals surface area contributed by atoms with Crippen molar-refractivity contribution in [3.63, 3.8) is 0 Å². The summed E-state index contributed by atoms with van der Waals surface area (Å²) in [5, 5.41) is 2.92. The minimum absolute atomic E-state index is 0.0357. The monoisotopic (exact) mass is 294 g/mol. The first-order valence-electron chi connectivity index (χ1n) is 7.37. The van der Waals surface area contributed by atoms with Gasteiger partial charge in [-0.2, -0.15) is 0 Å². The van der Waals surface area contributed by atoms with Gasteiger partial charge in [-0.25, -0.2) is 0 Å². The summed E-state index contributed by atoms with van der Waals surface area (Å²) < 4.78 is 0. The molecule has 0 saturated heterocycles. The molecule has 2 aromatic rings. The van der Waals surface area contributed by atoms with Crippen LogP contribution in [0.3, 0.4) is 0 Å². The van der Waals surface area contributed by atoms with Crippen molar-refractivity contribution in [1.29, 1.82) is 0 Å². The van der Waals surface area contributed by atoms with Crippen LogP contribution in [-0.2, 0) is 22.4 Å². The number of carbonyl (C=O) groups is 2. The molecule has 0 aromatic heterocycles. The molecule has 0 saturated carbocycles. The molecule has 1 aliphatic heterocycles. The fourth-order valence-electron chi connectivity index (χ4n) is 2.72. The first-order valence-corrected chi connectivity index (χ1v) is 7.37. The largest absolute Gasteiger partial charge is 0.326 e. The number of aryl methyl sites for hydroxylation is 1. The van der Waals surface area contributed by atoms with Gasteiger partial charge >= 0.3 is 0 Å². The van der Waals surface area contributed by atoms with E-state index in [0.717, 1.165) is 28.9 Å². The van der Waals surface area contributed by atoms with E-state index in [1.165, 1.54) is 0 Å². The Balaban J connectivity index is 1.71. The van der Waals surface area contributed by atoms with Gasteiger partial charge in [-0.05, 0) is 35.7 Å². The predicted molar refractivity (Wildman–Crippen MR) is 86.9 cm³/mol. The van der Waals surface area contributed by atoms with E-state index >= 15 is 0 Å². The second-order valence-electron chi connectivity index (χ2n) is 5.51. The molecule has 1 heterocycles. The molecule has 0 fully saturated rings. The number of nitrogens with one attached hydrogen (secondary N) is 1. The maximum absolute atomic E-state index is 12.1. The van der Waals surface area contributed by atoms with Crippen LogP contribution in [0.25, 0.3) is 0 Å². The summed E-state index contributed by atoms with van der Waals surface area (Å²) >= 11 is 0. The number of amides is 2. The molecule has 4 heteroatoms. The maximum Gasteiger partial charge on any atom is 0.228 e. The molecule has 2 aromatic carbocycles. The first-order chi connectivity index (χ1) is 10.6. The Morgan fingerprint density at radius 3 is 2.68 bits per heavy atom. The smallest absolute Gasteiger partial charge is 0.228 e. The van der Waals surface area contributed by atoms with Crippen LogP contribution < -0.4 is 10.2 Å². The zero-order valence-electron chi connectivity index (χ0n) is 12.5. The van der Waals surface area contributed by atoms with Crippen molar-refractivity contribution < 1.29 is 9.59 Å². The van der Waals surface area contributed by atoms with Gasteiger partial charge in [0.15, 0.2) is 0 Å². The van der Waals surface area contributed by atoms with E-state index in [2.05, 4.69) is 5.32 Å². The summed E-state index contributed by atoms with van der Waals surface area (Å²) in [6.45, 7) is 0. The van der Waals surface area contributed by atoms with Gasteiger partial charge in [-0.15, -0.1) is 0 Å².